The monoisotopic (exact) mass is 373 g/mol. The quantitative estimate of drug-likeness (QED) is 0.532. The molecule has 0 saturated carbocycles. The summed E-state index contributed by atoms with van der Waals surface area (Å²) in [4.78, 5) is 22.5. The van der Waals surface area contributed by atoms with Gasteiger partial charge in [0.15, 0.2) is 11.8 Å². The van der Waals surface area contributed by atoms with Crippen molar-refractivity contribution in [1.82, 2.24) is 0 Å². The summed E-state index contributed by atoms with van der Waals surface area (Å²) < 4.78 is 77.8. The summed E-state index contributed by atoms with van der Waals surface area (Å²) >= 11 is 0. The molecule has 0 heterocycles. The van der Waals surface area contributed by atoms with Gasteiger partial charge in [-0.25, -0.2) is 0 Å². The fourth-order valence-corrected chi connectivity index (χ4v) is 2.87. The summed E-state index contributed by atoms with van der Waals surface area (Å²) in [6, 6.07) is 4.01. The third-order valence-electron chi connectivity index (χ3n) is 4.13. The van der Waals surface area contributed by atoms with Crippen LogP contribution in [0.25, 0.3) is 11.1 Å². The molecule has 9 heteroatoms. The van der Waals surface area contributed by atoms with Gasteiger partial charge >= 0.3 is 12.4 Å². The number of halogens is 6. The van der Waals surface area contributed by atoms with Crippen LogP contribution in [0.1, 0.15) is 27.0 Å². The minimum atomic E-state index is -4.95. The highest BCUT2D eigenvalue weighted by molar-refractivity contribution is 6.05. The molecule has 0 saturated heterocycles. The number of benzene rings is 2. The number of alkyl halides is 6. The molecule has 26 heavy (non-hydrogen) atoms. The number of nitroso groups, excluding NO2 is 1. The third kappa shape index (κ3) is 3.21. The number of fused-ring (bicyclic) bond motifs is 1. The van der Waals surface area contributed by atoms with Crippen LogP contribution in [0, 0.1) is 4.91 Å². The predicted octanol–water partition coefficient (Wildman–Crippen LogP) is 5.27. The molecule has 0 aromatic heterocycles. The SMILES string of the molecule is O=NC1Cc2cc(-c3cc(C(F)(F)F)cc(C(F)(F)F)c3)ccc2C1=O. The van der Waals surface area contributed by atoms with E-state index in [-0.39, 0.29) is 29.2 Å². The molecule has 2 aromatic carbocycles. The van der Waals surface area contributed by atoms with Crippen molar-refractivity contribution >= 4 is 5.78 Å². The predicted molar refractivity (Wildman–Crippen MR) is 79.5 cm³/mol. The van der Waals surface area contributed by atoms with Crippen LogP contribution >= 0.6 is 0 Å². The Balaban J connectivity index is 2.13. The summed E-state index contributed by atoms with van der Waals surface area (Å²) in [5.74, 6) is -0.512. The Morgan fingerprint density at radius 1 is 0.846 bits per heavy atom. The number of rotatable bonds is 2. The smallest absolute Gasteiger partial charge is 0.292 e. The lowest BCUT2D eigenvalue weighted by Gasteiger charge is -2.14. The molecule has 2 aromatic rings. The van der Waals surface area contributed by atoms with E-state index in [1.807, 2.05) is 0 Å². The number of carbonyl (C=O) groups excluding carboxylic acids is 1. The van der Waals surface area contributed by atoms with Crippen LogP contribution in [0.4, 0.5) is 26.3 Å². The normalized spacial score (nSPS) is 17.3. The van der Waals surface area contributed by atoms with Gasteiger partial charge in [-0.2, -0.15) is 31.2 Å². The molecule has 1 atom stereocenters. The first-order valence-electron chi connectivity index (χ1n) is 7.30. The van der Waals surface area contributed by atoms with Gasteiger partial charge in [0.25, 0.3) is 0 Å². The van der Waals surface area contributed by atoms with Crippen LogP contribution in [0.3, 0.4) is 0 Å². The lowest BCUT2D eigenvalue weighted by Crippen LogP contribution is -2.11. The molecule has 0 aliphatic heterocycles. The van der Waals surface area contributed by atoms with E-state index in [9.17, 15) is 36.0 Å². The van der Waals surface area contributed by atoms with E-state index in [4.69, 9.17) is 0 Å². The highest BCUT2D eigenvalue weighted by Crippen LogP contribution is 2.39. The topological polar surface area (TPSA) is 46.5 Å². The Hall–Kier alpha value is -2.71. The van der Waals surface area contributed by atoms with Crippen LogP contribution in [0.2, 0.25) is 0 Å². The van der Waals surface area contributed by atoms with Gasteiger partial charge in [-0.3, -0.25) is 4.79 Å². The largest absolute Gasteiger partial charge is 0.416 e. The number of hydrogen-bond donors (Lipinski definition) is 0. The summed E-state index contributed by atoms with van der Waals surface area (Å²) in [5.41, 5.74) is -2.49. The van der Waals surface area contributed by atoms with E-state index in [2.05, 4.69) is 5.18 Å². The zero-order valence-corrected chi connectivity index (χ0v) is 12.8. The van der Waals surface area contributed by atoms with Gasteiger partial charge in [0.1, 0.15) is 0 Å². The molecular weight excluding hydrogens is 364 g/mol. The third-order valence-corrected chi connectivity index (χ3v) is 4.13. The number of Topliss-reactive ketones (excluding diaryl/α,β-unsaturated/α-hetero) is 1. The first-order chi connectivity index (χ1) is 12.0. The maximum absolute atomic E-state index is 13.0. The maximum Gasteiger partial charge on any atom is 0.416 e. The lowest BCUT2D eigenvalue weighted by molar-refractivity contribution is -0.143. The van der Waals surface area contributed by atoms with E-state index in [1.165, 1.54) is 18.2 Å². The molecule has 1 aliphatic rings. The zero-order chi connectivity index (χ0) is 19.3. The Kier molecular flexibility index (Phi) is 4.12. The molecule has 3 nitrogen and oxygen atoms in total. The molecular formula is C17H9F6NO2. The summed E-state index contributed by atoms with van der Waals surface area (Å²) in [6.07, 6.45) is -9.93. The van der Waals surface area contributed by atoms with Crippen LogP contribution in [0.5, 0.6) is 0 Å². The second-order valence-electron chi connectivity index (χ2n) is 5.86. The van der Waals surface area contributed by atoms with E-state index in [0.29, 0.717) is 17.7 Å². The van der Waals surface area contributed by atoms with Crippen molar-refractivity contribution in [3.8, 4) is 11.1 Å². The van der Waals surface area contributed by atoms with Gasteiger partial charge in [-0.05, 0) is 34.9 Å². The Bertz CT molecular complexity index is 869. The number of hydrogen-bond acceptors (Lipinski definition) is 3. The first-order valence-corrected chi connectivity index (χ1v) is 7.30. The molecule has 0 fully saturated rings. The summed E-state index contributed by atoms with van der Waals surface area (Å²) in [6.45, 7) is 0. The Morgan fingerprint density at radius 3 is 1.92 bits per heavy atom. The van der Waals surface area contributed by atoms with Crippen molar-refractivity contribution in [2.24, 2.45) is 5.18 Å². The van der Waals surface area contributed by atoms with Gasteiger partial charge in [-0.15, -0.1) is 0 Å². The minimum Gasteiger partial charge on any atom is -0.292 e. The number of carbonyl (C=O) groups is 1. The summed E-state index contributed by atoms with van der Waals surface area (Å²) in [7, 11) is 0. The number of ketones is 1. The highest BCUT2D eigenvalue weighted by atomic mass is 19.4. The van der Waals surface area contributed by atoms with Gasteiger partial charge in [0, 0.05) is 12.0 Å². The maximum atomic E-state index is 13.0. The average Bonchev–Trinajstić information content (AvgIpc) is 2.88. The van der Waals surface area contributed by atoms with Crippen molar-refractivity contribution in [3.63, 3.8) is 0 Å². The Labute approximate surface area is 142 Å². The second kappa shape index (κ2) is 5.93. The lowest BCUT2D eigenvalue weighted by atomic mass is 9.96. The summed E-state index contributed by atoms with van der Waals surface area (Å²) in [5, 5.41) is 2.68. The van der Waals surface area contributed by atoms with Crippen LogP contribution < -0.4 is 0 Å². The van der Waals surface area contributed by atoms with Crippen LogP contribution in [-0.2, 0) is 18.8 Å². The second-order valence-corrected chi connectivity index (χ2v) is 5.86. The zero-order valence-electron chi connectivity index (χ0n) is 12.8. The van der Waals surface area contributed by atoms with Gasteiger partial charge in [0.2, 0.25) is 0 Å². The fraction of sp³-hybridized carbons (Fsp3) is 0.235. The highest BCUT2D eigenvalue weighted by Gasteiger charge is 2.37. The molecule has 0 radical (unpaired) electrons. The van der Waals surface area contributed by atoms with Gasteiger partial charge in [-0.1, -0.05) is 23.4 Å². The number of nitrogens with zero attached hydrogens (tertiary/aromatic N) is 1. The minimum absolute atomic E-state index is 0.0312. The fourth-order valence-electron chi connectivity index (χ4n) is 2.87. The van der Waals surface area contributed by atoms with E-state index < -0.39 is 35.3 Å². The molecule has 1 unspecified atom stereocenters. The first kappa shape index (κ1) is 18.1. The standard InChI is InChI=1S/C17H9F6NO2/c18-16(19,20)11-4-9(5-12(7-11)17(21,22)23)8-1-2-13-10(3-8)6-14(24-26)15(13)25/h1-5,7,14H,6H2. The average molecular weight is 373 g/mol. The molecule has 136 valence electrons. The molecule has 0 amide bonds. The van der Waals surface area contributed by atoms with Crippen molar-refractivity contribution in [1.29, 1.82) is 0 Å². The van der Waals surface area contributed by atoms with Crippen molar-refractivity contribution < 1.29 is 31.1 Å². The van der Waals surface area contributed by atoms with Crippen LogP contribution in [0.15, 0.2) is 41.6 Å². The van der Waals surface area contributed by atoms with Crippen molar-refractivity contribution in [2.45, 2.75) is 24.8 Å². The molecule has 3 rings (SSSR count). The molecule has 1 aliphatic carbocycles. The molecule has 0 bridgehead atoms. The Morgan fingerprint density at radius 2 is 1.42 bits per heavy atom. The van der Waals surface area contributed by atoms with E-state index in [0.717, 1.165) is 0 Å². The van der Waals surface area contributed by atoms with Crippen molar-refractivity contribution in [3.05, 3.63) is 63.6 Å². The van der Waals surface area contributed by atoms with Gasteiger partial charge in [0.05, 0.1) is 11.1 Å². The van der Waals surface area contributed by atoms with E-state index >= 15 is 0 Å². The van der Waals surface area contributed by atoms with E-state index in [1.54, 1.807) is 0 Å². The van der Waals surface area contributed by atoms with Gasteiger partial charge < -0.3 is 0 Å². The van der Waals surface area contributed by atoms with Crippen molar-refractivity contribution in [2.75, 3.05) is 0 Å². The molecule has 0 spiro atoms. The molecule has 0 N–H and O–H groups in total. The van der Waals surface area contributed by atoms with Crippen LogP contribution in [-0.4, -0.2) is 11.8 Å².